The van der Waals surface area contributed by atoms with E-state index in [1.165, 1.54) is 0 Å². The van der Waals surface area contributed by atoms with E-state index in [0.717, 1.165) is 5.56 Å². The van der Waals surface area contributed by atoms with Crippen molar-refractivity contribution >= 4 is 23.6 Å². The van der Waals surface area contributed by atoms with Crippen molar-refractivity contribution in [1.29, 1.82) is 0 Å². The molecule has 0 saturated carbocycles. The zero-order chi connectivity index (χ0) is 15.4. The molecule has 0 atom stereocenters. The summed E-state index contributed by atoms with van der Waals surface area (Å²) in [6, 6.07) is 9.51. The van der Waals surface area contributed by atoms with E-state index >= 15 is 0 Å². The van der Waals surface area contributed by atoms with Gasteiger partial charge in [-0.15, -0.1) is 0 Å². The predicted molar refractivity (Wildman–Crippen MR) is 84.0 cm³/mol. The minimum Gasteiger partial charge on any atom is -0.370 e. The Labute approximate surface area is 126 Å². The molecule has 7 nitrogen and oxygen atoms in total. The van der Waals surface area contributed by atoms with Crippen molar-refractivity contribution in [2.24, 2.45) is 5.10 Å². The molecule has 3 rings (SSSR count). The molecule has 2 N–H and O–H groups in total. The normalized spacial score (nSPS) is 11.0. The highest BCUT2D eigenvalue weighted by Gasteiger charge is 2.12. The summed E-state index contributed by atoms with van der Waals surface area (Å²) in [4.78, 5) is 20.5. The first-order valence-corrected chi connectivity index (χ1v) is 6.68. The number of hydrogen-bond acceptors (Lipinski definition) is 5. The molecule has 110 valence electrons. The standard InChI is InChI=1S/C15H14N6O/c1-16-13-14-19-12(10-21(14)8-7-17-13)15(22)20-18-9-11-5-3-2-4-6-11/h2-10H,1H3,(H,16,17)(H,20,22)/b18-9-. The Balaban J connectivity index is 1.76. The molecule has 0 aliphatic rings. The Bertz CT molecular complexity index is 824. The summed E-state index contributed by atoms with van der Waals surface area (Å²) in [5, 5.41) is 6.86. The molecule has 0 aliphatic carbocycles. The van der Waals surface area contributed by atoms with Gasteiger partial charge in [-0.05, 0) is 5.56 Å². The summed E-state index contributed by atoms with van der Waals surface area (Å²) in [5.74, 6) is 0.229. The first-order valence-electron chi connectivity index (χ1n) is 6.68. The highest BCUT2D eigenvalue weighted by atomic mass is 16.2. The molecule has 2 aromatic heterocycles. The van der Waals surface area contributed by atoms with Gasteiger partial charge in [0.15, 0.2) is 11.5 Å². The summed E-state index contributed by atoms with van der Waals surface area (Å²) < 4.78 is 1.73. The molecule has 1 amide bonds. The van der Waals surface area contributed by atoms with E-state index in [2.05, 4.69) is 25.8 Å². The topological polar surface area (TPSA) is 83.7 Å². The van der Waals surface area contributed by atoms with Crippen LogP contribution in [0.4, 0.5) is 5.82 Å². The lowest BCUT2D eigenvalue weighted by atomic mass is 10.2. The Hall–Kier alpha value is -3.22. The van der Waals surface area contributed by atoms with Crippen molar-refractivity contribution in [3.63, 3.8) is 0 Å². The largest absolute Gasteiger partial charge is 0.370 e. The van der Waals surface area contributed by atoms with Crippen LogP contribution >= 0.6 is 0 Å². The van der Waals surface area contributed by atoms with Crippen LogP contribution < -0.4 is 10.7 Å². The van der Waals surface area contributed by atoms with Crippen molar-refractivity contribution in [2.45, 2.75) is 0 Å². The Morgan fingerprint density at radius 2 is 2.14 bits per heavy atom. The van der Waals surface area contributed by atoms with E-state index < -0.39 is 0 Å². The smallest absolute Gasteiger partial charge is 0.291 e. The quantitative estimate of drug-likeness (QED) is 0.564. The van der Waals surface area contributed by atoms with Gasteiger partial charge >= 0.3 is 0 Å². The average Bonchev–Trinajstić information content (AvgIpc) is 3.00. The lowest BCUT2D eigenvalue weighted by Gasteiger charge is -1.98. The fourth-order valence-electron chi connectivity index (χ4n) is 1.97. The maximum Gasteiger partial charge on any atom is 0.291 e. The van der Waals surface area contributed by atoms with E-state index in [1.54, 1.807) is 36.3 Å². The van der Waals surface area contributed by atoms with Gasteiger partial charge in [0, 0.05) is 25.6 Å². The van der Waals surface area contributed by atoms with Gasteiger partial charge in [-0.3, -0.25) is 4.79 Å². The number of carbonyl (C=O) groups excluding carboxylic acids is 1. The van der Waals surface area contributed by atoms with Gasteiger partial charge < -0.3 is 9.72 Å². The van der Waals surface area contributed by atoms with Gasteiger partial charge in [0.1, 0.15) is 5.69 Å². The lowest BCUT2D eigenvalue weighted by Crippen LogP contribution is -2.17. The number of anilines is 1. The zero-order valence-corrected chi connectivity index (χ0v) is 11.9. The minimum atomic E-state index is -0.377. The summed E-state index contributed by atoms with van der Waals surface area (Å²) in [5.41, 5.74) is 4.22. The molecule has 0 fully saturated rings. The highest BCUT2D eigenvalue weighted by molar-refractivity contribution is 5.94. The number of carbonyl (C=O) groups is 1. The molecular weight excluding hydrogens is 280 g/mol. The summed E-state index contributed by atoms with van der Waals surface area (Å²) >= 11 is 0. The van der Waals surface area contributed by atoms with Gasteiger partial charge in [-0.1, -0.05) is 30.3 Å². The predicted octanol–water partition coefficient (Wildman–Crippen LogP) is 1.53. The van der Waals surface area contributed by atoms with Gasteiger partial charge in [-0.2, -0.15) is 5.10 Å². The number of fused-ring (bicyclic) bond motifs is 1. The molecule has 2 heterocycles. The molecule has 1 aromatic carbocycles. The van der Waals surface area contributed by atoms with E-state index in [0.29, 0.717) is 11.5 Å². The van der Waals surface area contributed by atoms with Crippen molar-refractivity contribution in [3.05, 3.63) is 60.2 Å². The number of hydrogen-bond donors (Lipinski definition) is 2. The van der Waals surface area contributed by atoms with Crippen LogP contribution in [0.1, 0.15) is 16.1 Å². The number of imidazole rings is 1. The van der Waals surface area contributed by atoms with Crippen LogP contribution in [0, 0.1) is 0 Å². The zero-order valence-electron chi connectivity index (χ0n) is 11.9. The second kappa shape index (κ2) is 6.04. The third kappa shape index (κ3) is 2.78. The number of amides is 1. The van der Waals surface area contributed by atoms with Crippen LogP contribution in [0.25, 0.3) is 5.65 Å². The Morgan fingerprint density at radius 1 is 1.32 bits per heavy atom. The Kier molecular flexibility index (Phi) is 3.78. The van der Waals surface area contributed by atoms with Crippen LogP contribution in [0.5, 0.6) is 0 Å². The number of aromatic nitrogens is 3. The average molecular weight is 294 g/mol. The second-order valence-electron chi connectivity index (χ2n) is 4.49. The Morgan fingerprint density at radius 3 is 2.91 bits per heavy atom. The highest BCUT2D eigenvalue weighted by Crippen LogP contribution is 2.12. The van der Waals surface area contributed by atoms with Gasteiger partial charge in [-0.25, -0.2) is 15.4 Å². The van der Waals surface area contributed by atoms with Crippen molar-refractivity contribution < 1.29 is 4.79 Å². The van der Waals surface area contributed by atoms with E-state index in [4.69, 9.17) is 0 Å². The van der Waals surface area contributed by atoms with E-state index in [1.807, 2.05) is 30.3 Å². The number of rotatable bonds is 4. The van der Waals surface area contributed by atoms with Crippen LogP contribution in [-0.2, 0) is 0 Å². The summed E-state index contributed by atoms with van der Waals surface area (Å²) in [7, 11) is 1.75. The van der Waals surface area contributed by atoms with Gasteiger partial charge in [0.05, 0.1) is 6.21 Å². The van der Waals surface area contributed by atoms with E-state index in [-0.39, 0.29) is 11.6 Å². The first kappa shape index (κ1) is 13.7. The molecule has 3 aromatic rings. The van der Waals surface area contributed by atoms with Crippen LogP contribution in [0.3, 0.4) is 0 Å². The van der Waals surface area contributed by atoms with Crippen LogP contribution in [0.2, 0.25) is 0 Å². The summed E-state index contributed by atoms with van der Waals surface area (Å²) in [6.45, 7) is 0. The fraction of sp³-hybridized carbons (Fsp3) is 0.0667. The lowest BCUT2D eigenvalue weighted by molar-refractivity contribution is 0.0951. The van der Waals surface area contributed by atoms with Crippen molar-refractivity contribution in [3.8, 4) is 0 Å². The van der Waals surface area contributed by atoms with Gasteiger partial charge in [0.2, 0.25) is 0 Å². The van der Waals surface area contributed by atoms with Crippen LogP contribution in [-0.4, -0.2) is 33.5 Å². The molecule has 0 bridgehead atoms. The maximum absolute atomic E-state index is 12.1. The summed E-state index contributed by atoms with van der Waals surface area (Å²) in [6.07, 6.45) is 6.57. The third-order valence-corrected chi connectivity index (χ3v) is 3.02. The molecule has 0 saturated heterocycles. The number of nitrogens with zero attached hydrogens (tertiary/aromatic N) is 4. The maximum atomic E-state index is 12.1. The fourth-order valence-corrected chi connectivity index (χ4v) is 1.97. The number of nitrogens with one attached hydrogen (secondary N) is 2. The third-order valence-electron chi connectivity index (χ3n) is 3.02. The molecular formula is C15H14N6O. The molecule has 7 heteroatoms. The van der Waals surface area contributed by atoms with Crippen LogP contribution in [0.15, 0.2) is 54.0 Å². The SMILES string of the molecule is CNc1nccn2cc(C(=O)N/N=C\c3ccccc3)nc12. The molecule has 0 spiro atoms. The molecule has 22 heavy (non-hydrogen) atoms. The number of benzene rings is 1. The molecule has 0 unspecified atom stereocenters. The molecule has 0 radical (unpaired) electrons. The molecule has 0 aliphatic heterocycles. The first-order chi connectivity index (χ1) is 10.8. The van der Waals surface area contributed by atoms with Gasteiger partial charge in [0.25, 0.3) is 5.91 Å². The second-order valence-corrected chi connectivity index (χ2v) is 4.49. The minimum absolute atomic E-state index is 0.273. The van der Waals surface area contributed by atoms with Crippen molar-refractivity contribution in [1.82, 2.24) is 19.8 Å². The number of hydrazone groups is 1. The van der Waals surface area contributed by atoms with E-state index in [9.17, 15) is 4.79 Å². The monoisotopic (exact) mass is 294 g/mol. The van der Waals surface area contributed by atoms with Crippen molar-refractivity contribution in [2.75, 3.05) is 12.4 Å².